The Labute approximate surface area is 122 Å². The van der Waals surface area contributed by atoms with Gasteiger partial charge in [-0.05, 0) is 11.8 Å². The Balaban J connectivity index is 2.63. The molecule has 0 aliphatic heterocycles. The number of aliphatic carboxylic acids is 1. The van der Waals surface area contributed by atoms with Gasteiger partial charge in [0.25, 0.3) is 0 Å². The van der Waals surface area contributed by atoms with Crippen molar-refractivity contribution in [1.82, 2.24) is 10.3 Å². The number of anilines is 1. The van der Waals surface area contributed by atoms with Gasteiger partial charge >= 0.3 is 12.0 Å². The Morgan fingerprint density at radius 1 is 1.40 bits per heavy atom. The molecule has 1 unspecified atom stereocenters. The van der Waals surface area contributed by atoms with Crippen LogP contribution in [0.3, 0.4) is 0 Å². The molecule has 20 heavy (non-hydrogen) atoms. The zero-order valence-electron chi connectivity index (χ0n) is 12.1. The van der Waals surface area contributed by atoms with E-state index in [1.807, 2.05) is 26.2 Å². The van der Waals surface area contributed by atoms with E-state index in [0.717, 1.165) is 5.69 Å². The first-order valence-electron chi connectivity index (χ1n) is 6.60. The number of urea groups is 1. The molecule has 0 fully saturated rings. The van der Waals surface area contributed by atoms with Crippen molar-refractivity contribution in [2.75, 3.05) is 5.32 Å². The maximum Gasteiger partial charge on any atom is 0.326 e. The van der Waals surface area contributed by atoms with Crippen LogP contribution < -0.4 is 10.6 Å². The number of aromatic nitrogens is 1. The molecular weight excluding hydrogens is 278 g/mol. The molecule has 0 aromatic carbocycles. The predicted molar refractivity (Wildman–Crippen MR) is 79.2 cm³/mol. The molecule has 0 radical (unpaired) electrons. The molecular formula is C13H21N3O3S. The standard InChI is InChI=1S/C13H21N3O3S/c1-5-8(4)10(11(17)18)15-12(19)16-13-14-9(6-20-13)7(2)3/h6-8,10H,5H2,1-4H3,(H,17,18)(H2,14,15,16,19)/t8?,10-/m0/s1. The fourth-order valence-corrected chi connectivity index (χ4v) is 2.43. The van der Waals surface area contributed by atoms with E-state index in [1.165, 1.54) is 11.3 Å². The van der Waals surface area contributed by atoms with Gasteiger partial charge in [-0.25, -0.2) is 14.6 Å². The number of hydrogen-bond donors (Lipinski definition) is 3. The molecule has 0 bridgehead atoms. The van der Waals surface area contributed by atoms with Crippen molar-refractivity contribution >= 4 is 28.5 Å². The third kappa shape index (κ3) is 4.48. The summed E-state index contributed by atoms with van der Waals surface area (Å²) >= 11 is 1.33. The second kappa shape index (κ2) is 7.23. The largest absolute Gasteiger partial charge is 0.480 e. The van der Waals surface area contributed by atoms with Gasteiger partial charge in [0.1, 0.15) is 6.04 Å². The molecule has 0 aliphatic rings. The summed E-state index contributed by atoms with van der Waals surface area (Å²) in [7, 11) is 0. The van der Waals surface area contributed by atoms with E-state index < -0.39 is 18.0 Å². The van der Waals surface area contributed by atoms with Crippen molar-refractivity contribution in [3.63, 3.8) is 0 Å². The van der Waals surface area contributed by atoms with Crippen LogP contribution in [0.15, 0.2) is 5.38 Å². The molecule has 2 amide bonds. The van der Waals surface area contributed by atoms with Gasteiger partial charge < -0.3 is 10.4 Å². The molecule has 2 atom stereocenters. The van der Waals surface area contributed by atoms with Crippen molar-refractivity contribution < 1.29 is 14.7 Å². The maximum absolute atomic E-state index is 11.8. The highest BCUT2D eigenvalue weighted by molar-refractivity contribution is 7.13. The van der Waals surface area contributed by atoms with Crippen molar-refractivity contribution in [3.8, 4) is 0 Å². The Morgan fingerprint density at radius 2 is 2.05 bits per heavy atom. The first kappa shape index (κ1) is 16.4. The highest BCUT2D eigenvalue weighted by atomic mass is 32.1. The minimum absolute atomic E-state index is 0.138. The van der Waals surface area contributed by atoms with Gasteiger partial charge in [-0.15, -0.1) is 11.3 Å². The monoisotopic (exact) mass is 299 g/mol. The summed E-state index contributed by atoms with van der Waals surface area (Å²) in [4.78, 5) is 27.2. The lowest BCUT2D eigenvalue weighted by Crippen LogP contribution is -2.46. The average molecular weight is 299 g/mol. The molecule has 7 heteroatoms. The molecule has 1 aromatic rings. The fourth-order valence-electron chi connectivity index (χ4n) is 1.57. The molecule has 0 spiro atoms. The van der Waals surface area contributed by atoms with E-state index >= 15 is 0 Å². The number of carbonyl (C=O) groups is 2. The number of nitrogens with one attached hydrogen (secondary N) is 2. The molecule has 3 N–H and O–H groups in total. The fraction of sp³-hybridized carbons (Fsp3) is 0.615. The molecule has 0 saturated heterocycles. The summed E-state index contributed by atoms with van der Waals surface area (Å²) < 4.78 is 0. The van der Waals surface area contributed by atoms with Gasteiger partial charge in [-0.2, -0.15) is 0 Å². The summed E-state index contributed by atoms with van der Waals surface area (Å²) in [5.74, 6) is -0.881. The summed E-state index contributed by atoms with van der Waals surface area (Å²) in [6.45, 7) is 7.71. The van der Waals surface area contributed by atoms with Crippen LogP contribution in [-0.2, 0) is 4.79 Å². The van der Waals surface area contributed by atoms with Gasteiger partial charge in [0.2, 0.25) is 0 Å². The molecule has 1 heterocycles. The first-order chi connectivity index (χ1) is 9.35. The van der Waals surface area contributed by atoms with E-state index in [0.29, 0.717) is 11.6 Å². The zero-order chi connectivity index (χ0) is 15.3. The van der Waals surface area contributed by atoms with Crippen molar-refractivity contribution in [1.29, 1.82) is 0 Å². The maximum atomic E-state index is 11.8. The highest BCUT2D eigenvalue weighted by Crippen LogP contribution is 2.21. The van der Waals surface area contributed by atoms with Crippen LogP contribution in [0.1, 0.15) is 45.7 Å². The predicted octanol–water partition coefficient (Wildman–Crippen LogP) is 2.89. The summed E-state index contributed by atoms with van der Waals surface area (Å²) in [5, 5.41) is 16.5. The van der Waals surface area contributed by atoms with Crippen molar-refractivity contribution in [3.05, 3.63) is 11.1 Å². The summed E-state index contributed by atoms with van der Waals surface area (Å²) in [5.41, 5.74) is 0.905. The Bertz CT molecular complexity index is 473. The third-order valence-corrected chi connectivity index (χ3v) is 3.88. The van der Waals surface area contributed by atoms with E-state index in [-0.39, 0.29) is 11.8 Å². The topological polar surface area (TPSA) is 91.3 Å². The second-order valence-electron chi connectivity index (χ2n) is 5.03. The smallest absolute Gasteiger partial charge is 0.326 e. The van der Waals surface area contributed by atoms with Gasteiger partial charge in [0.15, 0.2) is 5.13 Å². The highest BCUT2D eigenvalue weighted by Gasteiger charge is 2.25. The Hall–Kier alpha value is -1.63. The van der Waals surface area contributed by atoms with E-state index in [4.69, 9.17) is 5.11 Å². The SMILES string of the molecule is CCC(C)[C@H](NC(=O)Nc1nc(C(C)C)cs1)C(=O)O. The minimum Gasteiger partial charge on any atom is -0.480 e. The average Bonchev–Trinajstić information content (AvgIpc) is 2.83. The number of rotatable bonds is 6. The van der Waals surface area contributed by atoms with Crippen molar-refractivity contribution in [2.24, 2.45) is 5.92 Å². The number of nitrogens with zero attached hydrogens (tertiary/aromatic N) is 1. The van der Waals surface area contributed by atoms with Crippen LogP contribution in [0.25, 0.3) is 0 Å². The minimum atomic E-state index is -1.03. The summed E-state index contributed by atoms with van der Waals surface area (Å²) in [6.07, 6.45) is 0.673. The number of hydrogen-bond acceptors (Lipinski definition) is 4. The molecule has 1 aromatic heterocycles. The van der Waals surface area contributed by atoms with Crippen LogP contribution >= 0.6 is 11.3 Å². The van der Waals surface area contributed by atoms with Crippen LogP contribution in [0.5, 0.6) is 0 Å². The third-order valence-electron chi connectivity index (χ3n) is 3.10. The van der Waals surface area contributed by atoms with E-state index in [1.54, 1.807) is 6.92 Å². The lowest BCUT2D eigenvalue weighted by Gasteiger charge is -2.19. The normalized spacial score (nSPS) is 13.8. The molecule has 0 aliphatic carbocycles. The van der Waals surface area contributed by atoms with Gasteiger partial charge in [0.05, 0.1) is 5.69 Å². The number of thiazole rings is 1. The first-order valence-corrected chi connectivity index (χ1v) is 7.48. The quantitative estimate of drug-likeness (QED) is 0.753. The van der Waals surface area contributed by atoms with Crippen LogP contribution in [-0.4, -0.2) is 28.1 Å². The molecule has 112 valence electrons. The summed E-state index contributed by atoms with van der Waals surface area (Å²) in [6, 6.07) is -1.44. The number of carboxylic acid groups (broad SMARTS) is 1. The lowest BCUT2D eigenvalue weighted by molar-refractivity contribution is -0.140. The zero-order valence-corrected chi connectivity index (χ0v) is 13.0. The molecule has 1 rings (SSSR count). The number of amides is 2. The number of carbonyl (C=O) groups excluding carboxylic acids is 1. The van der Waals surface area contributed by atoms with Crippen LogP contribution in [0.2, 0.25) is 0 Å². The second-order valence-corrected chi connectivity index (χ2v) is 5.89. The molecule has 0 saturated carbocycles. The Kier molecular flexibility index (Phi) is 5.94. The van der Waals surface area contributed by atoms with Crippen LogP contribution in [0, 0.1) is 5.92 Å². The van der Waals surface area contributed by atoms with Crippen molar-refractivity contribution in [2.45, 2.75) is 46.1 Å². The molecule has 6 nitrogen and oxygen atoms in total. The van der Waals surface area contributed by atoms with Gasteiger partial charge in [-0.1, -0.05) is 34.1 Å². The van der Waals surface area contributed by atoms with Crippen LogP contribution in [0.4, 0.5) is 9.93 Å². The van der Waals surface area contributed by atoms with E-state index in [9.17, 15) is 9.59 Å². The van der Waals surface area contributed by atoms with E-state index in [2.05, 4.69) is 15.6 Å². The van der Waals surface area contributed by atoms with Gasteiger partial charge in [-0.3, -0.25) is 5.32 Å². The Morgan fingerprint density at radius 3 is 2.50 bits per heavy atom. The van der Waals surface area contributed by atoms with Gasteiger partial charge in [0, 0.05) is 5.38 Å². The lowest BCUT2D eigenvalue weighted by atomic mass is 10.00. The number of carboxylic acids is 1.